The van der Waals surface area contributed by atoms with Crippen LogP contribution in [0.2, 0.25) is 0 Å². The van der Waals surface area contributed by atoms with Crippen LogP contribution in [-0.4, -0.2) is 11.1 Å². The van der Waals surface area contributed by atoms with E-state index < -0.39 is 17.9 Å². The third kappa shape index (κ3) is 4.42. The van der Waals surface area contributed by atoms with Gasteiger partial charge >= 0.3 is 11.8 Å². The van der Waals surface area contributed by atoms with Gasteiger partial charge in [-0.2, -0.15) is 0 Å². The molecule has 0 saturated heterocycles. The smallest absolute Gasteiger partial charge is 0.449 e. The molecule has 0 saturated carbocycles. The summed E-state index contributed by atoms with van der Waals surface area (Å²) in [6.07, 6.45) is 3.74. The molecule has 0 fully saturated rings. The van der Waals surface area contributed by atoms with Gasteiger partial charge in [0.1, 0.15) is 0 Å². The number of aromatic nitrogens is 1. The average molecular weight is 317 g/mol. The largest absolute Gasteiger partial charge is 0.542 e. The van der Waals surface area contributed by atoms with E-state index in [0.717, 1.165) is 18.4 Å². The number of allylic oxidation sites excluding steroid dienone is 1. The molecule has 1 aromatic heterocycles. The summed E-state index contributed by atoms with van der Waals surface area (Å²) in [5, 5.41) is 3.53. The van der Waals surface area contributed by atoms with Gasteiger partial charge in [0.15, 0.2) is 6.10 Å². The lowest BCUT2D eigenvalue weighted by molar-refractivity contribution is 0.0195. The fraction of sp³-hybridized carbons (Fsp3) is 0.353. The predicted molar refractivity (Wildman–Crippen MR) is 83.1 cm³/mol. The first-order valence-electron chi connectivity index (χ1n) is 7.52. The minimum absolute atomic E-state index is 0.0157. The van der Waals surface area contributed by atoms with Crippen LogP contribution in [-0.2, 0) is 11.2 Å². The van der Waals surface area contributed by atoms with Crippen molar-refractivity contribution in [2.24, 2.45) is 0 Å². The summed E-state index contributed by atoms with van der Waals surface area (Å²) in [6.45, 7) is 5.70. The minimum Gasteiger partial charge on any atom is -0.449 e. The van der Waals surface area contributed by atoms with Crippen molar-refractivity contribution in [3.05, 3.63) is 64.6 Å². The van der Waals surface area contributed by atoms with Crippen LogP contribution in [0, 0.1) is 0 Å². The molecule has 23 heavy (non-hydrogen) atoms. The Morgan fingerprint density at radius 3 is 2.87 bits per heavy atom. The Kier molecular flexibility index (Phi) is 5.91. The molecular formula is C17H19NO5. The van der Waals surface area contributed by atoms with Crippen LogP contribution in [0.5, 0.6) is 0 Å². The van der Waals surface area contributed by atoms with Crippen molar-refractivity contribution < 1.29 is 18.5 Å². The van der Waals surface area contributed by atoms with Gasteiger partial charge in [-0.1, -0.05) is 37.6 Å². The van der Waals surface area contributed by atoms with E-state index in [-0.39, 0.29) is 5.89 Å². The third-order valence-corrected chi connectivity index (χ3v) is 3.34. The molecule has 1 unspecified atom stereocenters. The zero-order valence-electron chi connectivity index (χ0n) is 13.0. The van der Waals surface area contributed by atoms with E-state index in [9.17, 15) is 9.59 Å². The number of hydrogen-bond acceptors (Lipinski definition) is 6. The van der Waals surface area contributed by atoms with Crippen LogP contribution in [0.25, 0.3) is 0 Å². The van der Waals surface area contributed by atoms with Crippen molar-refractivity contribution in [1.82, 2.24) is 5.16 Å². The number of benzene rings is 1. The molecule has 0 aliphatic heterocycles. The summed E-state index contributed by atoms with van der Waals surface area (Å²) in [7, 11) is 0. The first-order valence-corrected chi connectivity index (χ1v) is 7.52. The minimum atomic E-state index is -0.912. The van der Waals surface area contributed by atoms with Gasteiger partial charge in [-0.05, 0) is 36.0 Å². The van der Waals surface area contributed by atoms with Crippen molar-refractivity contribution in [2.75, 3.05) is 0 Å². The molecule has 0 N–H and O–H groups in total. The predicted octanol–water partition coefficient (Wildman–Crippen LogP) is 3.44. The highest BCUT2D eigenvalue weighted by atomic mass is 16.6. The van der Waals surface area contributed by atoms with Crippen molar-refractivity contribution in [2.45, 2.75) is 38.7 Å². The SMILES string of the molecule is C=CCc1ccccc1C(=O)OC(CCCC)c1noc(=O)o1. The van der Waals surface area contributed by atoms with E-state index >= 15 is 0 Å². The summed E-state index contributed by atoms with van der Waals surface area (Å²) in [6, 6.07) is 7.15. The molecule has 6 nitrogen and oxygen atoms in total. The number of unbranched alkanes of at least 4 members (excludes halogenated alkanes) is 1. The monoisotopic (exact) mass is 317 g/mol. The van der Waals surface area contributed by atoms with E-state index in [0.29, 0.717) is 18.4 Å². The molecule has 0 amide bonds. The Balaban J connectivity index is 2.20. The van der Waals surface area contributed by atoms with Crippen LogP contribution in [0.4, 0.5) is 0 Å². The highest BCUT2D eigenvalue weighted by molar-refractivity contribution is 5.91. The van der Waals surface area contributed by atoms with E-state index in [1.165, 1.54) is 0 Å². The zero-order chi connectivity index (χ0) is 16.7. The summed E-state index contributed by atoms with van der Waals surface area (Å²) < 4.78 is 14.7. The molecule has 122 valence electrons. The first kappa shape index (κ1) is 16.7. The van der Waals surface area contributed by atoms with Gasteiger partial charge in [-0.25, -0.2) is 9.59 Å². The van der Waals surface area contributed by atoms with Crippen molar-refractivity contribution in [3.8, 4) is 0 Å². The lowest BCUT2D eigenvalue weighted by Crippen LogP contribution is -2.14. The van der Waals surface area contributed by atoms with Crippen LogP contribution in [0.1, 0.15) is 54.1 Å². The highest BCUT2D eigenvalue weighted by Crippen LogP contribution is 2.24. The van der Waals surface area contributed by atoms with Gasteiger partial charge in [0.25, 0.3) is 5.89 Å². The Labute approximate surface area is 133 Å². The van der Waals surface area contributed by atoms with E-state index in [1.807, 2.05) is 19.1 Å². The molecule has 0 aliphatic rings. The Hall–Kier alpha value is -2.63. The number of esters is 1. The van der Waals surface area contributed by atoms with Crippen molar-refractivity contribution in [3.63, 3.8) is 0 Å². The van der Waals surface area contributed by atoms with Crippen molar-refractivity contribution in [1.29, 1.82) is 0 Å². The van der Waals surface area contributed by atoms with Crippen LogP contribution < -0.4 is 5.82 Å². The number of nitrogens with zero attached hydrogens (tertiary/aromatic N) is 1. The van der Waals surface area contributed by atoms with Gasteiger partial charge < -0.3 is 9.15 Å². The Morgan fingerprint density at radius 1 is 1.43 bits per heavy atom. The second kappa shape index (κ2) is 8.12. The number of rotatable bonds is 8. The van der Waals surface area contributed by atoms with Crippen LogP contribution in [0.15, 0.2) is 50.7 Å². The number of hydrogen-bond donors (Lipinski definition) is 0. The summed E-state index contributed by atoms with van der Waals surface area (Å²) in [5.41, 5.74) is 1.28. The second-order valence-electron chi connectivity index (χ2n) is 5.06. The molecule has 2 aromatic rings. The summed E-state index contributed by atoms with van der Waals surface area (Å²) in [5.74, 6) is -1.42. The molecule has 0 spiro atoms. The normalized spacial score (nSPS) is 11.9. The molecule has 1 aromatic carbocycles. The first-order chi connectivity index (χ1) is 11.2. The van der Waals surface area contributed by atoms with E-state index in [2.05, 4.69) is 16.3 Å². The fourth-order valence-electron chi connectivity index (χ4n) is 2.20. The van der Waals surface area contributed by atoms with Gasteiger partial charge in [0.05, 0.1) is 5.56 Å². The molecule has 0 radical (unpaired) electrons. The van der Waals surface area contributed by atoms with Gasteiger partial charge in [-0.3, -0.25) is 4.52 Å². The Bertz CT molecular complexity index is 716. The molecule has 6 heteroatoms. The van der Waals surface area contributed by atoms with Gasteiger partial charge in [0, 0.05) is 0 Å². The van der Waals surface area contributed by atoms with E-state index in [1.54, 1.807) is 18.2 Å². The molecule has 0 aliphatic carbocycles. The van der Waals surface area contributed by atoms with Gasteiger partial charge in [0.2, 0.25) is 0 Å². The van der Waals surface area contributed by atoms with Crippen molar-refractivity contribution >= 4 is 5.97 Å². The molecule has 2 rings (SSSR count). The molecule has 1 atom stereocenters. The highest BCUT2D eigenvalue weighted by Gasteiger charge is 2.24. The zero-order valence-corrected chi connectivity index (χ0v) is 13.0. The number of carbonyl (C=O) groups excluding carboxylic acids is 1. The summed E-state index contributed by atoms with van der Waals surface area (Å²) in [4.78, 5) is 23.5. The lowest BCUT2D eigenvalue weighted by atomic mass is 10.0. The van der Waals surface area contributed by atoms with Crippen LogP contribution in [0.3, 0.4) is 0 Å². The molecular weight excluding hydrogens is 298 g/mol. The van der Waals surface area contributed by atoms with E-state index in [4.69, 9.17) is 9.15 Å². The maximum absolute atomic E-state index is 12.5. The number of carbonyl (C=O) groups is 1. The lowest BCUT2D eigenvalue weighted by Gasteiger charge is -2.15. The molecule has 1 heterocycles. The van der Waals surface area contributed by atoms with Crippen LogP contribution >= 0.6 is 0 Å². The standard InChI is InChI=1S/C17H19NO5/c1-3-5-11-14(15-18-23-17(20)22-15)21-16(19)13-10-7-6-9-12(13)8-4-2/h4,6-7,9-10,14H,2-3,5,8,11H2,1H3. The fourth-order valence-corrected chi connectivity index (χ4v) is 2.20. The summed E-state index contributed by atoms with van der Waals surface area (Å²) >= 11 is 0. The molecule has 0 bridgehead atoms. The third-order valence-electron chi connectivity index (χ3n) is 3.34. The average Bonchev–Trinajstić information content (AvgIpc) is 2.98. The Morgan fingerprint density at radius 2 is 2.22 bits per heavy atom. The second-order valence-corrected chi connectivity index (χ2v) is 5.06. The quantitative estimate of drug-likeness (QED) is 0.548. The number of ether oxygens (including phenoxy) is 1. The maximum atomic E-state index is 12.5. The van der Waals surface area contributed by atoms with Gasteiger partial charge in [-0.15, -0.1) is 6.58 Å². The topological polar surface area (TPSA) is 82.5 Å². The maximum Gasteiger partial charge on any atom is 0.542 e.